The zero-order valence-electron chi connectivity index (χ0n) is 11.2. The number of fused-ring (bicyclic) bond motifs is 1. The van der Waals surface area contributed by atoms with E-state index < -0.39 is 6.36 Å². The van der Waals surface area contributed by atoms with Crippen LogP contribution in [0.15, 0.2) is 48.5 Å². The second-order valence-corrected chi connectivity index (χ2v) is 5.03. The van der Waals surface area contributed by atoms with E-state index in [9.17, 15) is 13.2 Å². The minimum Gasteiger partial charge on any atom is -0.404 e. The van der Waals surface area contributed by atoms with E-state index in [0.29, 0.717) is 18.7 Å². The number of ether oxygens (including phenoxy) is 1. The molecule has 0 aliphatic carbocycles. The molecule has 1 N–H and O–H groups in total. The molecule has 0 aromatic heterocycles. The third kappa shape index (κ3) is 3.12. The Labute approximate surface area is 120 Å². The molecule has 2 aromatic carbocycles. The van der Waals surface area contributed by atoms with Crippen LogP contribution in [0.25, 0.3) is 0 Å². The molecule has 2 nitrogen and oxygen atoms in total. The van der Waals surface area contributed by atoms with E-state index in [2.05, 4.69) is 10.1 Å². The molecule has 5 heteroatoms. The van der Waals surface area contributed by atoms with Crippen molar-refractivity contribution in [2.24, 2.45) is 0 Å². The number of anilines is 1. The van der Waals surface area contributed by atoms with Crippen molar-refractivity contribution in [3.8, 4) is 5.75 Å². The van der Waals surface area contributed by atoms with Crippen LogP contribution in [-0.2, 0) is 6.42 Å². The van der Waals surface area contributed by atoms with Gasteiger partial charge in [-0.25, -0.2) is 0 Å². The minimum atomic E-state index is -4.67. The van der Waals surface area contributed by atoms with E-state index in [4.69, 9.17) is 0 Å². The van der Waals surface area contributed by atoms with Crippen LogP contribution in [-0.4, -0.2) is 12.9 Å². The first-order chi connectivity index (χ1) is 10.0. The lowest BCUT2D eigenvalue weighted by atomic mass is 9.88. The summed E-state index contributed by atoms with van der Waals surface area (Å²) in [5.74, 6) is 0.0892. The molecule has 0 bridgehead atoms. The van der Waals surface area contributed by atoms with Gasteiger partial charge in [0.2, 0.25) is 0 Å². The molecule has 3 rings (SSSR count). The molecule has 0 saturated heterocycles. The summed E-state index contributed by atoms with van der Waals surface area (Å²) in [5, 5.41) is 3.08. The largest absolute Gasteiger partial charge is 0.573 e. The number of para-hydroxylation sites is 1. The lowest BCUT2D eigenvalue weighted by Gasteiger charge is -2.28. The Hall–Kier alpha value is -2.17. The second kappa shape index (κ2) is 5.31. The van der Waals surface area contributed by atoms with Gasteiger partial charge in [-0.1, -0.05) is 42.5 Å². The van der Waals surface area contributed by atoms with Crippen LogP contribution >= 0.6 is 0 Å². The Morgan fingerprint density at radius 1 is 1.00 bits per heavy atom. The molecule has 0 fully saturated rings. The number of benzene rings is 2. The van der Waals surface area contributed by atoms with Crippen molar-refractivity contribution in [1.82, 2.24) is 0 Å². The second-order valence-electron chi connectivity index (χ2n) is 5.03. The van der Waals surface area contributed by atoms with Gasteiger partial charge in [0.1, 0.15) is 0 Å². The number of halogens is 3. The quantitative estimate of drug-likeness (QED) is 0.889. The van der Waals surface area contributed by atoms with Crippen molar-refractivity contribution in [1.29, 1.82) is 0 Å². The Morgan fingerprint density at radius 2 is 1.76 bits per heavy atom. The summed E-state index contributed by atoms with van der Waals surface area (Å²) in [6.45, 7) is 0.593. The van der Waals surface area contributed by atoms with Crippen LogP contribution in [0.2, 0.25) is 0 Å². The van der Waals surface area contributed by atoms with Gasteiger partial charge >= 0.3 is 6.36 Å². The summed E-state index contributed by atoms with van der Waals surface area (Å²) < 4.78 is 41.3. The van der Waals surface area contributed by atoms with Gasteiger partial charge in [-0.2, -0.15) is 0 Å². The SMILES string of the molecule is FC(F)(F)Oc1cccc2c1NCC(c1ccccc1)C2. The highest BCUT2D eigenvalue weighted by Gasteiger charge is 2.33. The number of nitrogens with one attached hydrogen (secondary N) is 1. The highest BCUT2D eigenvalue weighted by atomic mass is 19.4. The van der Waals surface area contributed by atoms with Gasteiger partial charge in [0.15, 0.2) is 5.75 Å². The van der Waals surface area contributed by atoms with Crippen molar-refractivity contribution in [3.05, 3.63) is 59.7 Å². The average molecular weight is 293 g/mol. The summed E-state index contributed by atoms with van der Waals surface area (Å²) >= 11 is 0. The lowest BCUT2D eigenvalue weighted by Crippen LogP contribution is -2.24. The molecule has 1 aliphatic rings. The van der Waals surface area contributed by atoms with Gasteiger partial charge in [0.05, 0.1) is 5.69 Å². The molecule has 1 heterocycles. The van der Waals surface area contributed by atoms with Gasteiger partial charge in [0.25, 0.3) is 0 Å². The first-order valence-electron chi connectivity index (χ1n) is 6.69. The molecule has 1 unspecified atom stereocenters. The summed E-state index contributed by atoms with van der Waals surface area (Å²) in [5.41, 5.74) is 2.47. The molecule has 110 valence electrons. The third-order valence-electron chi connectivity index (χ3n) is 3.60. The highest BCUT2D eigenvalue weighted by molar-refractivity contribution is 5.64. The molecule has 0 spiro atoms. The normalized spacial score (nSPS) is 17.8. The third-order valence-corrected chi connectivity index (χ3v) is 3.60. The van der Waals surface area contributed by atoms with Crippen LogP contribution in [0.5, 0.6) is 5.75 Å². The maximum absolute atomic E-state index is 12.4. The molecule has 21 heavy (non-hydrogen) atoms. The van der Waals surface area contributed by atoms with Crippen LogP contribution in [0.4, 0.5) is 18.9 Å². The topological polar surface area (TPSA) is 21.3 Å². The molecule has 0 radical (unpaired) electrons. The Balaban J connectivity index is 1.86. The molecular formula is C16H14F3NO. The monoisotopic (exact) mass is 293 g/mol. The number of hydrogen-bond donors (Lipinski definition) is 1. The molecule has 2 aromatic rings. The zero-order chi connectivity index (χ0) is 14.9. The first-order valence-corrected chi connectivity index (χ1v) is 6.69. The number of alkyl halides is 3. The maximum Gasteiger partial charge on any atom is 0.573 e. The minimum absolute atomic E-state index is 0.161. The summed E-state index contributed by atoms with van der Waals surface area (Å²) in [4.78, 5) is 0. The van der Waals surface area contributed by atoms with Crippen LogP contribution in [0.3, 0.4) is 0 Å². The van der Waals surface area contributed by atoms with Crippen molar-refractivity contribution in [3.63, 3.8) is 0 Å². The fraction of sp³-hybridized carbons (Fsp3) is 0.250. The molecule has 0 amide bonds. The summed E-state index contributed by atoms with van der Waals surface area (Å²) in [6, 6.07) is 14.7. The Morgan fingerprint density at radius 3 is 2.48 bits per heavy atom. The van der Waals surface area contributed by atoms with Crippen LogP contribution < -0.4 is 10.1 Å². The average Bonchev–Trinajstić information content (AvgIpc) is 2.46. The number of hydrogen-bond acceptors (Lipinski definition) is 2. The van der Waals surface area contributed by atoms with E-state index in [1.807, 2.05) is 36.4 Å². The van der Waals surface area contributed by atoms with Gasteiger partial charge in [-0.15, -0.1) is 13.2 Å². The summed E-state index contributed by atoms with van der Waals surface area (Å²) in [7, 11) is 0. The molecule has 1 atom stereocenters. The number of rotatable bonds is 2. The van der Waals surface area contributed by atoms with Crippen LogP contribution in [0, 0.1) is 0 Å². The van der Waals surface area contributed by atoms with E-state index in [1.165, 1.54) is 11.6 Å². The van der Waals surface area contributed by atoms with Gasteiger partial charge in [0, 0.05) is 12.5 Å². The van der Waals surface area contributed by atoms with Crippen LogP contribution in [0.1, 0.15) is 17.0 Å². The van der Waals surface area contributed by atoms with Crippen molar-refractivity contribution >= 4 is 5.69 Å². The van der Waals surface area contributed by atoms with Gasteiger partial charge < -0.3 is 10.1 Å². The Bertz CT molecular complexity index is 625. The fourth-order valence-electron chi connectivity index (χ4n) is 2.68. The predicted molar refractivity (Wildman–Crippen MR) is 74.5 cm³/mol. The van der Waals surface area contributed by atoms with E-state index in [0.717, 1.165) is 5.56 Å². The van der Waals surface area contributed by atoms with E-state index in [-0.39, 0.29) is 11.7 Å². The predicted octanol–water partition coefficient (Wildman–Crippen LogP) is 4.34. The van der Waals surface area contributed by atoms with E-state index >= 15 is 0 Å². The van der Waals surface area contributed by atoms with E-state index in [1.54, 1.807) is 6.07 Å². The van der Waals surface area contributed by atoms with Crippen molar-refractivity contribution in [2.45, 2.75) is 18.7 Å². The van der Waals surface area contributed by atoms with Crippen molar-refractivity contribution in [2.75, 3.05) is 11.9 Å². The van der Waals surface area contributed by atoms with Gasteiger partial charge in [-0.05, 0) is 23.6 Å². The van der Waals surface area contributed by atoms with Crippen molar-refractivity contribution < 1.29 is 17.9 Å². The lowest BCUT2D eigenvalue weighted by molar-refractivity contribution is -0.274. The van der Waals surface area contributed by atoms with Gasteiger partial charge in [-0.3, -0.25) is 0 Å². The first kappa shape index (κ1) is 13.8. The Kier molecular flexibility index (Phi) is 3.49. The standard InChI is InChI=1S/C16H14F3NO/c17-16(18,19)21-14-8-4-7-12-9-13(10-20-15(12)14)11-5-2-1-3-6-11/h1-8,13,20H,9-10H2. The molecular weight excluding hydrogens is 279 g/mol. The highest BCUT2D eigenvalue weighted by Crippen LogP contribution is 2.38. The maximum atomic E-state index is 12.4. The molecule has 0 saturated carbocycles. The molecule has 1 aliphatic heterocycles. The smallest absolute Gasteiger partial charge is 0.404 e. The zero-order valence-corrected chi connectivity index (χ0v) is 11.2. The fourth-order valence-corrected chi connectivity index (χ4v) is 2.68. The summed E-state index contributed by atoms with van der Waals surface area (Å²) in [6.07, 6.45) is -3.98.